The lowest BCUT2D eigenvalue weighted by atomic mass is 9.83. The molecule has 4 heterocycles. The van der Waals surface area contributed by atoms with E-state index in [1.165, 1.54) is 4.57 Å². The van der Waals surface area contributed by atoms with Crippen LogP contribution in [0.1, 0.15) is 41.7 Å². The van der Waals surface area contributed by atoms with E-state index in [2.05, 4.69) is 5.32 Å². The van der Waals surface area contributed by atoms with Crippen molar-refractivity contribution < 1.29 is 19.4 Å². The summed E-state index contributed by atoms with van der Waals surface area (Å²) in [5.74, 6) is -1.57. The molecule has 6 rings (SSSR count). The van der Waals surface area contributed by atoms with Gasteiger partial charge in [-0.3, -0.25) is 9.59 Å². The third-order valence-corrected chi connectivity index (χ3v) is 7.04. The molecule has 8 nitrogen and oxygen atoms in total. The summed E-state index contributed by atoms with van der Waals surface area (Å²) in [5, 5.41) is 15.0. The van der Waals surface area contributed by atoms with Gasteiger partial charge in [-0.1, -0.05) is 55.5 Å². The number of esters is 1. The van der Waals surface area contributed by atoms with E-state index in [9.17, 15) is 19.5 Å². The van der Waals surface area contributed by atoms with E-state index >= 15 is 0 Å². The molecule has 2 aliphatic rings. The number of nitrogens with one attached hydrogen (secondary N) is 1. The van der Waals surface area contributed by atoms with Crippen molar-refractivity contribution in [3.8, 4) is 11.4 Å². The van der Waals surface area contributed by atoms with Gasteiger partial charge in [0.2, 0.25) is 6.10 Å². The summed E-state index contributed by atoms with van der Waals surface area (Å²) in [4.78, 5) is 44.7. The maximum atomic E-state index is 13.8. The molecule has 180 valence electrons. The number of rotatable bonds is 4. The molecule has 1 unspecified atom stereocenters. The van der Waals surface area contributed by atoms with Crippen LogP contribution in [0.2, 0.25) is 0 Å². The fraction of sp³-hybridized carbons (Fsp3) is 0.214. The Morgan fingerprint density at radius 3 is 2.67 bits per heavy atom. The number of cyclic esters (lactones) is 1. The van der Waals surface area contributed by atoms with Crippen molar-refractivity contribution in [2.24, 2.45) is 0 Å². The molecule has 0 fully saturated rings. The highest BCUT2D eigenvalue weighted by molar-refractivity contribution is 5.92. The van der Waals surface area contributed by atoms with Gasteiger partial charge in [-0.2, -0.15) is 0 Å². The summed E-state index contributed by atoms with van der Waals surface area (Å²) in [6, 6.07) is 20.5. The first kappa shape index (κ1) is 22.2. The van der Waals surface area contributed by atoms with Crippen LogP contribution in [-0.4, -0.2) is 26.5 Å². The molecule has 8 heteroatoms. The molecule has 0 saturated carbocycles. The molecule has 0 radical (unpaired) electrons. The number of carbonyl (C=O) groups excluding carboxylic acids is 2. The Hall–Kier alpha value is -4.30. The number of pyridine rings is 2. The second-order valence-corrected chi connectivity index (χ2v) is 9.14. The van der Waals surface area contributed by atoms with Crippen LogP contribution in [0.5, 0.6) is 0 Å². The van der Waals surface area contributed by atoms with Gasteiger partial charge in [-0.05, 0) is 30.2 Å². The Morgan fingerprint density at radius 1 is 1.14 bits per heavy atom. The van der Waals surface area contributed by atoms with Crippen molar-refractivity contribution in [1.29, 1.82) is 0 Å². The number of para-hydroxylation sites is 1. The summed E-state index contributed by atoms with van der Waals surface area (Å²) in [6.07, 6.45) is -1.48. The lowest BCUT2D eigenvalue weighted by Gasteiger charge is -2.35. The smallest absolute Gasteiger partial charge is 0.343 e. The van der Waals surface area contributed by atoms with Gasteiger partial charge in [0.25, 0.3) is 11.5 Å². The fourth-order valence-electron chi connectivity index (χ4n) is 5.05. The molecule has 1 amide bonds. The van der Waals surface area contributed by atoms with Crippen molar-refractivity contribution in [1.82, 2.24) is 14.9 Å². The highest BCUT2D eigenvalue weighted by Crippen LogP contribution is 2.42. The van der Waals surface area contributed by atoms with Crippen molar-refractivity contribution in [3.63, 3.8) is 0 Å². The first-order valence-corrected chi connectivity index (χ1v) is 11.8. The lowest BCUT2D eigenvalue weighted by molar-refractivity contribution is -0.181. The summed E-state index contributed by atoms with van der Waals surface area (Å²) in [5.41, 5.74) is 1.16. The number of nitrogens with zero attached hydrogens (tertiary/aromatic N) is 2. The van der Waals surface area contributed by atoms with Crippen molar-refractivity contribution in [2.75, 3.05) is 0 Å². The Bertz CT molecular complexity index is 1610. The molecule has 2 aromatic heterocycles. The number of benzene rings is 2. The van der Waals surface area contributed by atoms with E-state index in [0.29, 0.717) is 11.4 Å². The number of aliphatic hydroxyl groups is 1. The molecular weight excluding hydrogens is 458 g/mol. The van der Waals surface area contributed by atoms with Crippen LogP contribution < -0.4 is 10.9 Å². The summed E-state index contributed by atoms with van der Waals surface area (Å²) in [6.45, 7) is 2.10. The Morgan fingerprint density at radius 2 is 1.89 bits per heavy atom. The molecule has 0 spiro atoms. The standard InChI is InChI=1S/C28H23N3O5/c1-2-28(35)19-13-21-23-18(12-17-10-6-7-11-20(17)30-23)15-31(21)26(33)22(19)24(36-27(28)34)25(32)29-14-16-8-4-3-5-9-16/h3-13,24,35H,2,14-15H2,1H3,(H,29,32)/t24?,28-/m0/s1. The normalized spacial score (nSPS) is 19.8. The molecule has 0 bridgehead atoms. The number of aromatic nitrogens is 2. The van der Waals surface area contributed by atoms with Crippen LogP contribution in [0.15, 0.2) is 71.5 Å². The van der Waals surface area contributed by atoms with Gasteiger partial charge in [0, 0.05) is 23.1 Å². The zero-order valence-corrected chi connectivity index (χ0v) is 19.5. The molecule has 0 aliphatic carbocycles. The monoisotopic (exact) mass is 481 g/mol. The minimum Gasteiger partial charge on any atom is -0.445 e. The van der Waals surface area contributed by atoms with Crippen LogP contribution in [0.3, 0.4) is 0 Å². The van der Waals surface area contributed by atoms with Crippen LogP contribution >= 0.6 is 0 Å². The van der Waals surface area contributed by atoms with E-state index < -0.39 is 29.1 Å². The van der Waals surface area contributed by atoms with Gasteiger partial charge in [0.05, 0.1) is 29.0 Å². The Kier molecular flexibility index (Phi) is 5.01. The van der Waals surface area contributed by atoms with Crippen molar-refractivity contribution >= 4 is 22.8 Å². The largest absolute Gasteiger partial charge is 0.445 e. The number of carbonyl (C=O) groups is 2. The highest BCUT2D eigenvalue weighted by Gasteiger charge is 2.50. The molecule has 2 atom stereocenters. The molecule has 2 aromatic carbocycles. The van der Waals surface area contributed by atoms with E-state index in [-0.39, 0.29) is 30.6 Å². The average Bonchev–Trinajstić information content (AvgIpc) is 3.26. The topological polar surface area (TPSA) is 111 Å². The van der Waals surface area contributed by atoms with E-state index in [1.54, 1.807) is 13.0 Å². The molecule has 4 aromatic rings. The molecule has 2 aliphatic heterocycles. The number of hydrogen-bond donors (Lipinski definition) is 2. The van der Waals surface area contributed by atoms with E-state index in [0.717, 1.165) is 22.0 Å². The third-order valence-electron chi connectivity index (χ3n) is 7.04. The van der Waals surface area contributed by atoms with Gasteiger partial charge in [-0.15, -0.1) is 0 Å². The zero-order valence-electron chi connectivity index (χ0n) is 19.5. The molecule has 36 heavy (non-hydrogen) atoms. The predicted octanol–water partition coefficient (Wildman–Crippen LogP) is 2.94. The number of amides is 1. The Labute approximate surface area is 206 Å². The minimum absolute atomic E-state index is 0.0158. The van der Waals surface area contributed by atoms with Gasteiger partial charge in [0.1, 0.15) is 0 Å². The minimum atomic E-state index is -2.04. The quantitative estimate of drug-likeness (QED) is 0.382. The highest BCUT2D eigenvalue weighted by atomic mass is 16.6. The Balaban J connectivity index is 1.48. The summed E-state index contributed by atoms with van der Waals surface area (Å²) < 4.78 is 6.95. The first-order valence-electron chi connectivity index (χ1n) is 11.8. The first-order chi connectivity index (χ1) is 17.4. The van der Waals surface area contributed by atoms with Gasteiger partial charge in [0.15, 0.2) is 5.60 Å². The summed E-state index contributed by atoms with van der Waals surface area (Å²) >= 11 is 0. The number of hydrogen-bond acceptors (Lipinski definition) is 6. The van der Waals surface area contributed by atoms with Gasteiger partial charge < -0.3 is 19.7 Å². The maximum absolute atomic E-state index is 13.8. The molecule has 2 N–H and O–H groups in total. The lowest BCUT2D eigenvalue weighted by Crippen LogP contribution is -2.49. The average molecular weight is 482 g/mol. The van der Waals surface area contributed by atoms with Crippen molar-refractivity contribution in [3.05, 3.63) is 99.3 Å². The second-order valence-electron chi connectivity index (χ2n) is 9.14. The van der Waals surface area contributed by atoms with Gasteiger partial charge >= 0.3 is 5.97 Å². The summed E-state index contributed by atoms with van der Waals surface area (Å²) in [7, 11) is 0. The van der Waals surface area contributed by atoms with Crippen molar-refractivity contribution in [2.45, 2.75) is 38.1 Å². The van der Waals surface area contributed by atoms with Crippen LogP contribution in [-0.2, 0) is 33.0 Å². The van der Waals surface area contributed by atoms with Crippen LogP contribution in [0.25, 0.3) is 22.3 Å². The second kappa shape index (κ2) is 8.13. The fourth-order valence-corrected chi connectivity index (χ4v) is 5.05. The maximum Gasteiger partial charge on any atom is 0.343 e. The zero-order chi connectivity index (χ0) is 25.0. The van der Waals surface area contributed by atoms with Gasteiger partial charge in [-0.25, -0.2) is 9.78 Å². The molecular formula is C28H23N3O5. The van der Waals surface area contributed by atoms with E-state index in [4.69, 9.17) is 9.72 Å². The molecule has 0 saturated heterocycles. The number of fused-ring (bicyclic) bond motifs is 5. The third kappa shape index (κ3) is 3.25. The number of ether oxygens (including phenoxy) is 1. The SMILES string of the molecule is CC[C@@]1(O)C(=O)OC(C(=O)NCc2ccccc2)c2c1cc1n(c2=O)Cc2cc3ccccc3nc2-1. The van der Waals surface area contributed by atoms with Crippen LogP contribution in [0.4, 0.5) is 0 Å². The van der Waals surface area contributed by atoms with E-state index in [1.807, 2.05) is 60.7 Å². The predicted molar refractivity (Wildman–Crippen MR) is 132 cm³/mol. The van der Waals surface area contributed by atoms with Crippen LogP contribution in [0, 0.1) is 0 Å².